The van der Waals surface area contributed by atoms with Gasteiger partial charge in [0.1, 0.15) is 11.6 Å². The van der Waals surface area contributed by atoms with E-state index in [-0.39, 0.29) is 5.02 Å². The fourth-order valence-electron chi connectivity index (χ4n) is 0.824. The van der Waals surface area contributed by atoms with Crippen molar-refractivity contribution in [3.05, 3.63) is 23.0 Å². The second-order valence-corrected chi connectivity index (χ2v) is 2.64. The van der Waals surface area contributed by atoms with E-state index in [0.29, 0.717) is 18.0 Å². The maximum atomic E-state index is 12.8. The normalized spacial score (nSPS) is 9.92. The average molecular weight is 190 g/mol. The molecule has 2 N–H and O–H groups in total. The molecule has 0 unspecified atom stereocenters. The van der Waals surface area contributed by atoms with Crippen LogP contribution in [0.2, 0.25) is 5.02 Å². The number of benzene rings is 1. The van der Waals surface area contributed by atoms with Crippen molar-refractivity contribution >= 4 is 17.3 Å². The first-order chi connectivity index (χ1) is 5.65. The van der Waals surface area contributed by atoms with Crippen LogP contribution in [0.25, 0.3) is 0 Å². The summed E-state index contributed by atoms with van der Waals surface area (Å²) in [5.74, 6) is -0.186. The average Bonchev–Trinajstić information content (AvgIpc) is 2.01. The Morgan fingerprint density at radius 1 is 1.58 bits per heavy atom. The molecule has 12 heavy (non-hydrogen) atoms. The number of anilines is 1. The Kier molecular flexibility index (Phi) is 2.76. The van der Waals surface area contributed by atoms with Crippen molar-refractivity contribution in [1.29, 1.82) is 0 Å². The van der Waals surface area contributed by atoms with Crippen LogP contribution in [-0.2, 0) is 0 Å². The zero-order valence-corrected chi connectivity index (χ0v) is 7.36. The number of hydrogen-bond acceptors (Lipinski definition) is 2. The van der Waals surface area contributed by atoms with Crippen molar-refractivity contribution in [2.75, 3.05) is 12.3 Å². The largest absolute Gasteiger partial charge is 0.492 e. The van der Waals surface area contributed by atoms with E-state index in [0.717, 1.165) is 0 Å². The summed E-state index contributed by atoms with van der Waals surface area (Å²) in [6.45, 7) is 2.25. The van der Waals surface area contributed by atoms with E-state index < -0.39 is 5.82 Å². The van der Waals surface area contributed by atoms with Crippen LogP contribution in [0.4, 0.5) is 10.1 Å². The highest BCUT2D eigenvalue weighted by molar-refractivity contribution is 6.31. The molecular formula is C8H9ClFNO. The predicted molar refractivity (Wildman–Crippen MR) is 47.0 cm³/mol. The first-order valence-corrected chi connectivity index (χ1v) is 3.90. The van der Waals surface area contributed by atoms with Crippen molar-refractivity contribution in [3.63, 3.8) is 0 Å². The Balaban J connectivity index is 3.05. The van der Waals surface area contributed by atoms with Crippen LogP contribution in [0.15, 0.2) is 12.1 Å². The lowest BCUT2D eigenvalue weighted by molar-refractivity contribution is 0.340. The molecule has 2 nitrogen and oxygen atoms in total. The van der Waals surface area contributed by atoms with Gasteiger partial charge in [0.15, 0.2) is 0 Å². The Bertz CT molecular complexity index is 291. The van der Waals surface area contributed by atoms with Gasteiger partial charge in [-0.1, -0.05) is 11.6 Å². The number of hydrogen-bond donors (Lipinski definition) is 1. The van der Waals surface area contributed by atoms with E-state index in [2.05, 4.69) is 0 Å². The Labute approximate surface area is 75.1 Å². The van der Waals surface area contributed by atoms with Gasteiger partial charge < -0.3 is 10.5 Å². The van der Waals surface area contributed by atoms with Crippen LogP contribution in [0.3, 0.4) is 0 Å². The predicted octanol–water partition coefficient (Wildman–Crippen LogP) is 2.46. The zero-order valence-electron chi connectivity index (χ0n) is 6.60. The van der Waals surface area contributed by atoms with Crippen molar-refractivity contribution in [3.8, 4) is 5.75 Å². The molecule has 1 aromatic rings. The molecule has 0 fully saturated rings. The molecule has 0 saturated carbocycles. The molecule has 1 rings (SSSR count). The molecule has 66 valence electrons. The van der Waals surface area contributed by atoms with Gasteiger partial charge in [-0.2, -0.15) is 0 Å². The van der Waals surface area contributed by atoms with Gasteiger partial charge in [-0.15, -0.1) is 0 Å². The van der Waals surface area contributed by atoms with Crippen molar-refractivity contribution in [2.45, 2.75) is 6.92 Å². The first-order valence-electron chi connectivity index (χ1n) is 3.52. The molecule has 0 aliphatic heterocycles. The summed E-state index contributed by atoms with van der Waals surface area (Å²) in [5.41, 5.74) is 5.85. The number of rotatable bonds is 2. The third-order valence-electron chi connectivity index (χ3n) is 1.35. The van der Waals surface area contributed by atoms with E-state index in [1.165, 1.54) is 12.1 Å². The Hall–Kier alpha value is -0.960. The van der Waals surface area contributed by atoms with Crippen LogP contribution in [-0.4, -0.2) is 6.61 Å². The van der Waals surface area contributed by atoms with Gasteiger partial charge >= 0.3 is 0 Å². The lowest BCUT2D eigenvalue weighted by atomic mass is 10.3. The van der Waals surface area contributed by atoms with Gasteiger partial charge in [0.05, 0.1) is 17.3 Å². The third-order valence-corrected chi connectivity index (χ3v) is 1.64. The summed E-state index contributed by atoms with van der Waals surface area (Å²) in [6, 6.07) is 2.52. The first kappa shape index (κ1) is 9.13. The topological polar surface area (TPSA) is 35.2 Å². The van der Waals surface area contributed by atoms with Crippen LogP contribution in [0.1, 0.15) is 6.92 Å². The zero-order chi connectivity index (χ0) is 9.14. The minimum absolute atomic E-state index is 0.0101. The van der Waals surface area contributed by atoms with E-state index in [9.17, 15) is 4.39 Å². The highest BCUT2D eigenvalue weighted by Crippen LogP contribution is 2.27. The summed E-state index contributed by atoms with van der Waals surface area (Å²) < 4.78 is 17.9. The highest BCUT2D eigenvalue weighted by atomic mass is 35.5. The van der Waals surface area contributed by atoms with E-state index in [1.54, 1.807) is 6.92 Å². The van der Waals surface area contributed by atoms with Crippen LogP contribution < -0.4 is 10.5 Å². The summed E-state index contributed by atoms with van der Waals surface area (Å²) >= 11 is 5.48. The molecule has 0 atom stereocenters. The highest BCUT2D eigenvalue weighted by Gasteiger charge is 2.05. The molecular weight excluding hydrogens is 181 g/mol. The van der Waals surface area contributed by atoms with Gasteiger partial charge in [0, 0.05) is 6.07 Å². The minimum Gasteiger partial charge on any atom is -0.492 e. The van der Waals surface area contributed by atoms with Gasteiger partial charge in [-0.25, -0.2) is 4.39 Å². The third kappa shape index (κ3) is 1.80. The fraction of sp³-hybridized carbons (Fsp3) is 0.250. The summed E-state index contributed by atoms with van der Waals surface area (Å²) in [5, 5.41) is 0.0101. The Morgan fingerprint density at radius 2 is 2.25 bits per heavy atom. The molecule has 4 heteroatoms. The fourth-order valence-corrected chi connectivity index (χ4v) is 0.997. The SMILES string of the molecule is CCOc1cc(F)c(Cl)cc1N. The molecule has 0 heterocycles. The number of halogens is 2. The number of nitrogens with two attached hydrogens (primary N) is 1. The van der Waals surface area contributed by atoms with E-state index >= 15 is 0 Å². The molecule has 0 radical (unpaired) electrons. The van der Waals surface area contributed by atoms with Gasteiger partial charge in [0.25, 0.3) is 0 Å². The van der Waals surface area contributed by atoms with E-state index in [1.807, 2.05) is 0 Å². The standard InChI is InChI=1S/C8H9ClFNO/c1-2-12-8-4-6(10)5(9)3-7(8)11/h3-4H,2,11H2,1H3. The van der Waals surface area contributed by atoms with Crippen LogP contribution >= 0.6 is 11.6 Å². The van der Waals surface area contributed by atoms with E-state index in [4.69, 9.17) is 22.1 Å². The quantitative estimate of drug-likeness (QED) is 0.726. The summed E-state index contributed by atoms with van der Waals surface area (Å²) in [6.07, 6.45) is 0. The molecule has 0 aromatic heterocycles. The Morgan fingerprint density at radius 3 is 2.83 bits per heavy atom. The van der Waals surface area contributed by atoms with Crippen LogP contribution in [0, 0.1) is 5.82 Å². The molecule has 0 amide bonds. The maximum absolute atomic E-state index is 12.8. The number of ether oxygens (including phenoxy) is 1. The molecule has 1 aromatic carbocycles. The molecule has 0 aliphatic carbocycles. The molecule has 0 bridgehead atoms. The van der Waals surface area contributed by atoms with Crippen molar-refractivity contribution < 1.29 is 9.13 Å². The second-order valence-electron chi connectivity index (χ2n) is 2.24. The summed E-state index contributed by atoms with van der Waals surface area (Å²) in [4.78, 5) is 0. The molecule has 0 spiro atoms. The molecule has 0 aliphatic rings. The van der Waals surface area contributed by atoms with Crippen molar-refractivity contribution in [1.82, 2.24) is 0 Å². The summed E-state index contributed by atoms with van der Waals surface area (Å²) in [7, 11) is 0. The second kappa shape index (κ2) is 3.63. The smallest absolute Gasteiger partial charge is 0.145 e. The van der Waals surface area contributed by atoms with Gasteiger partial charge in [-0.3, -0.25) is 0 Å². The minimum atomic E-state index is -0.519. The van der Waals surface area contributed by atoms with Crippen molar-refractivity contribution in [2.24, 2.45) is 0 Å². The lowest BCUT2D eigenvalue weighted by Gasteiger charge is -2.06. The molecule has 0 saturated heterocycles. The monoisotopic (exact) mass is 189 g/mol. The van der Waals surface area contributed by atoms with Gasteiger partial charge in [-0.05, 0) is 13.0 Å². The number of nitrogen functional groups attached to an aromatic ring is 1. The van der Waals surface area contributed by atoms with Crippen LogP contribution in [0.5, 0.6) is 5.75 Å². The lowest BCUT2D eigenvalue weighted by Crippen LogP contribution is -1.97. The maximum Gasteiger partial charge on any atom is 0.145 e. The van der Waals surface area contributed by atoms with Gasteiger partial charge in [0.2, 0.25) is 0 Å².